The third-order valence-electron chi connectivity index (χ3n) is 6.21. The second kappa shape index (κ2) is 6.12. The number of aryl methyl sites for hydroxylation is 1. The predicted octanol–water partition coefficient (Wildman–Crippen LogP) is 1.10. The lowest BCUT2D eigenvalue weighted by Gasteiger charge is -2.39. The van der Waals surface area contributed by atoms with Crippen LogP contribution in [0, 0.1) is 11.3 Å². The lowest BCUT2D eigenvalue weighted by molar-refractivity contribution is -0.148. The van der Waals surface area contributed by atoms with E-state index in [1.54, 1.807) is 4.90 Å². The Kier molecular flexibility index (Phi) is 4.06. The summed E-state index contributed by atoms with van der Waals surface area (Å²) in [5.74, 6) is 0.359. The largest absolute Gasteiger partial charge is 0.480 e. The Morgan fingerprint density at radius 3 is 2.60 bits per heavy atom. The van der Waals surface area contributed by atoms with Gasteiger partial charge in [-0.1, -0.05) is 0 Å². The highest BCUT2D eigenvalue weighted by molar-refractivity contribution is 5.87. The zero-order valence-corrected chi connectivity index (χ0v) is 14.7. The number of aromatic nitrogens is 2. The van der Waals surface area contributed by atoms with Crippen molar-refractivity contribution in [2.24, 2.45) is 18.4 Å². The maximum Gasteiger partial charge on any atom is 0.326 e. The van der Waals surface area contributed by atoms with Crippen LogP contribution in [-0.4, -0.2) is 62.0 Å². The summed E-state index contributed by atoms with van der Waals surface area (Å²) in [5.41, 5.74) is -0.0221. The Bertz CT molecular complexity index is 674. The van der Waals surface area contributed by atoms with Gasteiger partial charge in [0.25, 0.3) is 0 Å². The third-order valence-corrected chi connectivity index (χ3v) is 6.21. The molecule has 7 nitrogen and oxygen atoms in total. The minimum Gasteiger partial charge on any atom is -0.480 e. The molecule has 1 atom stereocenters. The summed E-state index contributed by atoms with van der Waals surface area (Å²) in [5, 5.41) is 9.59. The van der Waals surface area contributed by atoms with Gasteiger partial charge < -0.3 is 14.6 Å². The van der Waals surface area contributed by atoms with Crippen LogP contribution in [0.25, 0.3) is 0 Å². The van der Waals surface area contributed by atoms with Crippen LogP contribution in [0.15, 0.2) is 12.4 Å². The van der Waals surface area contributed by atoms with Gasteiger partial charge >= 0.3 is 5.97 Å². The number of nitrogens with zero attached hydrogens (tertiary/aromatic N) is 4. The molecular formula is C18H26N4O3. The first-order valence-corrected chi connectivity index (χ1v) is 9.19. The Morgan fingerprint density at radius 2 is 2.04 bits per heavy atom. The number of piperidine rings is 1. The van der Waals surface area contributed by atoms with Gasteiger partial charge in [0.1, 0.15) is 11.9 Å². The number of amides is 1. The second-order valence-electron chi connectivity index (χ2n) is 8.03. The van der Waals surface area contributed by atoms with Crippen molar-refractivity contribution >= 4 is 11.9 Å². The van der Waals surface area contributed by atoms with Crippen molar-refractivity contribution in [3.05, 3.63) is 18.2 Å². The number of hydrogen-bond donors (Lipinski definition) is 1. The lowest BCUT2D eigenvalue weighted by atomic mass is 9.76. The highest BCUT2D eigenvalue weighted by atomic mass is 16.4. The summed E-state index contributed by atoms with van der Waals surface area (Å²) in [7, 11) is 2.00. The summed E-state index contributed by atoms with van der Waals surface area (Å²) >= 11 is 0. The van der Waals surface area contributed by atoms with Gasteiger partial charge in [0.05, 0.1) is 6.54 Å². The smallest absolute Gasteiger partial charge is 0.326 e. The van der Waals surface area contributed by atoms with E-state index >= 15 is 0 Å². The van der Waals surface area contributed by atoms with Gasteiger partial charge in [0, 0.05) is 31.9 Å². The lowest BCUT2D eigenvalue weighted by Crippen LogP contribution is -2.43. The highest BCUT2D eigenvalue weighted by Gasteiger charge is 2.51. The molecule has 1 aromatic rings. The average Bonchev–Trinajstić information content (AvgIpc) is 3.27. The van der Waals surface area contributed by atoms with Gasteiger partial charge in [-0.15, -0.1) is 0 Å². The summed E-state index contributed by atoms with van der Waals surface area (Å²) in [6.45, 7) is 3.32. The van der Waals surface area contributed by atoms with E-state index in [9.17, 15) is 14.7 Å². The van der Waals surface area contributed by atoms with Gasteiger partial charge in [-0.25, -0.2) is 9.78 Å². The maximum absolute atomic E-state index is 12.5. The molecule has 0 radical (unpaired) electrons. The Labute approximate surface area is 147 Å². The molecule has 3 heterocycles. The standard InChI is InChI=1S/C18H26N4O3/c1-20-9-6-19-15(20)11-21-7-4-18(5-8-21)10-14(17(24)25)22(12-18)16(23)13-2-3-13/h6,9,13-14H,2-5,7-8,10-12H2,1H3,(H,24,25)/t14-/m1/s1. The normalized spacial score (nSPS) is 26.3. The number of likely N-dealkylation sites (tertiary alicyclic amines) is 2. The third kappa shape index (κ3) is 3.17. The van der Waals surface area contributed by atoms with Gasteiger partial charge in [-0.05, 0) is 50.6 Å². The molecule has 0 aromatic carbocycles. The number of carbonyl (C=O) groups is 2. The summed E-state index contributed by atoms with van der Waals surface area (Å²) in [6, 6.07) is -0.630. The van der Waals surface area contributed by atoms with E-state index < -0.39 is 12.0 Å². The van der Waals surface area contributed by atoms with E-state index in [1.165, 1.54) is 0 Å². The van der Waals surface area contributed by atoms with Crippen LogP contribution in [0.2, 0.25) is 0 Å². The monoisotopic (exact) mass is 346 g/mol. The minimum absolute atomic E-state index is 0.0221. The van der Waals surface area contributed by atoms with Gasteiger partial charge in [-0.3, -0.25) is 9.69 Å². The topological polar surface area (TPSA) is 78.7 Å². The van der Waals surface area contributed by atoms with E-state index in [0.29, 0.717) is 13.0 Å². The fourth-order valence-electron chi connectivity index (χ4n) is 4.37. The number of carbonyl (C=O) groups excluding carboxylic acids is 1. The first-order valence-electron chi connectivity index (χ1n) is 9.19. The number of imidazole rings is 1. The molecule has 0 unspecified atom stereocenters. The molecule has 1 aromatic heterocycles. The van der Waals surface area contributed by atoms with Crippen LogP contribution in [0.4, 0.5) is 0 Å². The van der Waals surface area contributed by atoms with E-state index in [1.807, 2.05) is 24.0 Å². The van der Waals surface area contributed by atoms with Crippen LogP contribution in [0.1, 0.15) is 37.9 Å². The van der Waals surface area contributed by atoms with E-state index in [-0.39, 0.29) is 17.2 Å². The zero-order valence-electron chi connectivity index (χ0n) is 14.7. The number of carboxylic acid groups (broad SMARTS) is 1. The van der Waals surface area contributed by atoms with Crippen LogP contribution in [-0.2, 0) is 23.2 Å². The number of rotatable bonds is 4. The second-order valence-corrected chi connectivity index (χ2v) is 8.03. The molecule has 25 heavy (non-hydrogen) atoms. The van der Waals surface area contributed by atoms with Crippen molar-refractivity contribution in [3.63, 3.8) is 0 Å². The minimum atomic E-state index is -0.846. The molecule has 1 amide bonds. The number of hydrogen-bond acceptors (Lipinski definition) is 4. The van der Waals surface area contributed by atoms with Gasteiger partial charge in [0.2, 0.25) is 5.91 Å². The van der Waals surface area contributed by atoms with Crippen molar-refractivity contribution in [1.82, 2.24) is 19.4 Å². The van der Waals surface area contributed by atoms with Crippen LogP contribution in [0.3, 0.4) is 0 Å². The summed E-state index contributed by atoms with van der Waals surface area (Å²) in [4.78, 5) is 32.6. The Hall–Kier alpha value is -1.89. The molecule has 3 fully saturated rings. The molecule has 1 saturated carbocycles. The first-order chi connectivity index (χ1) is 12.0. The van der Waals surface area contributed by atoms with Gasteiger partial charge in [-0.2, -0.15) is 0 Å². The highest BCUT2D eigenvalue weighted by Crippen LogP contribution is 2.45. The molecule has 1 aliphatic carbocycles. The number of carboxylic acids is 1. The maximum atomic E-state index is 12.5. The predicted molar refractivity (Wildman–Crippen MR) is 90.6 cm³/mol. The van der Waals surface area contributed by atoms with Crippen molar-refractivity contribution in [2.75, 3.05) is 19.6 Å². The van der Waals surface area contributed by atoms with Crippen molar-refractivity contribution < 1.29 is 14.7 Å². The Balaban J connectivity index is 1.40. The molecule has 1 N–H and O–H groups in total. The molecular weight excluding hydrogens is 320 g/mol. The summed E-state index contributed by atoms with van der Waals surface area (Å²) in [6.07, 6.45) is 8.13. The molecule has 3 aliphatic rings. The zero-order chi connectivity index (χ0) is 17.6. The van der Waals surface area contributed by atoms with Crippen LogP contribution >= 0.6 is 0 Å². The van der Waals surface area contributed by atoms with E-state index in [0.717, 1.165) is 51.1 Å². The van der Waals surface area contributed by atoms with E-state index in [4.69, 9.17) is 0 Å². The molecule has 2 saturated heterocycles. The average molecular weight is 346 g/mol. The molecule has 0 bridgehead atoms. The fraction of sp³-hybridized carbons (Fsp3) is 0.722. The molecule has 4 rings (SSSR count). The van der Waals surface area contributed by atoms with Crippen molar-refractivity contribution in [3.8, 4) is 0 Å². The van der Waals surface area contributed by atoms with Crippen LogP contribution < -0.4 is 0 Å². The van der Waals surface area contributed by atoms with Crippen molar-refractivity contribution in [2.45, 2.75) is 44.7 Å². The summed E-state index contributed by atoms with van der Waals surface area (Å²) < 4.78 is 2.04. The van der Waals surface area contributed by atoms with Crippen LogP contribution in [0.5, 0.6) is 0 Å². The molecule has 2 aliphatic heterocycles. The van der Waals surface area contributed by atoms with Gasteiger partial charge in [0.15, 0.2) is 0 Å². The first kappa shape index (κ1) is 16.6. The molecule has 7 heteroatoms. The quantitative estimate of drug-likeness (QED) is 0.883. The SMILES string of the molecule is Cn1ccnc1CN1CCC2(CC1)C[C@H](C(=O)O)N(C(=O)C1CC1)C2. The van der Waals surface area contributed by atoms with Crippen molar-refractivity contribution in [1.29, 1.82) is 0 Å². The Morgan fingerprint density at radius 1 is 1.32 bits per heavy atom. The van der Waals surface area contributed by atoms with E-state index in [2.05, 4.69) is 9.88 Å². The number of aliphatic carboxylic acids is 1. The molecule has 1 spiro atoms. The fourth-order valence-corrected chi connectivity index (χ4v) is 4.37. The molecule has 136 valence electrons.